The highest BCUT2D eigenvalue weighted by Crippen LogP contribution is 2.34. The number of hydrogen-bond donors (Lipinski definition) is 2. The van der Waals surface area contributed by atoms with Gasteiger partial charge in [-0.3, -0.25) is 4.79 Å². The summed E-state index contributed by atoms with van der Waals surface area (Å²) in [4.78, 5) is 12.4. The summed E-state index contributed by atoms with van der Waals surface area (Å²) < 4.78 is 10.9. The van der Waals surface area contributed by atoms with E-state index in [0.29, 0.717) is 34.1 Å². The van der Waals surface area contributed by atoms with E-state index in [1.54, 1.807) is 43.5 Å². The number of ether oxygens (including phenoxy) is 1. The van der Waals surface area contributed by atoms with Crippen LogP contribution in [0.2, 0.25) is 0 Å². The van der Waals surface area contributed by atoms with E-state index in [0.717, 1.165) is 5.56 Å². The minimum atomic E-state index is -0.185. The number of methoxy groups -OCH3 is 1. The van der Waals surface area contributed by atoms with E-state index in [1.165, 1.54) is 0 Å². The predicted molar refractivity (Wildman–Crippen MR) is 95.8 cm³/mol. The van der Waals surface area contributed by atoms with Gasteiger partial charge >= 0.3 is 0 Å². The van der Waals surface area contributed by atoms with Crippen LogP contribution in [-0.4, -0.2) is 18.1 Å². The highest BCUT2D eigenvalue weighted by molar-refractivity contribution is 6.04. The van der Waals surface area contributed by atoms with Gasteiger partial charge < -0.3 is 19.6 Å². The van der Waals surface area contributed by atoms with Gasteiger partial charge in [0.1, 0.15) is 23.9 Å². The van der Waals surface area contributed by atoms with Gasteiger partial charge in [0.2, 0.25) is 0 Å². The Hall–Kier alpha value is -3.05. The normalized spacial score (nSPS) is 10.5. The number of carbonyl (C=O) groups is 1. The second kappa shape index (κ2) is 7.23. The number of anilines is 1. The van der Waals surface area contributed by atoms with E-state index in [-0.39, 0.29) is 12.5 Å². The van der Waals surface area contributed by atoms with Crippen LogP contribution in [-0.2, 0) is 6.61 Å². The Kier molecular flexibility index (Phi) is 4.86. The number of furan rings is 1. The molecule has 0 aliphatic rings. The molecule has 0 saturated carbocycles. The van der Waals surface area contributed by atoms with Crippen molar-refractivity contribution >= 4 is 11.6 Å². The maximum absolute atomic E-state index is 12.4. The zero-order valence-electron chi connectivity index (χ0n) is 14.1. The molecule has 1 heterocycles. The van der Waals surface area contributed by atoms with E-state index < -0.39 is 0 Å². The molecule has 5 nitrogen and oxygen atoms in total. The summed E-state index contributed by atoms with van der Waals surface area (Å²) in [6, 6.07) is 16.2. The first-order valence-electron chi connectivity index (χ1n) is 7.86. The number of amides is 1. The van der Waals surface area contributed by atoms with E-state index in [2.05, 4.69) is 5.32 Å². The average Bonchev–Trinajstić information content (AvgIpc) is 3.10. The molecule has 2 N–H and O–H groups in total. The molecular weight excluding hydrogens is 318 g/mol. The van der Waals surface area contributed by atoms with E-state index >= 15 is 0 Å². The topological polar surface area (TPSA) is 71.7 Å². The van der Waals surface area contributed by atoms with Crippen LogP contribution >= 0.6 is 0 Å². The molecule has 1 aromatic heterocycles. The third-order valence-electron chi connectivity index (χ3n) is 3.82. The fraction of sp³-hybridized carbons (Fsp3) is 0.150. The molecule has 128 valence electrons. The molecule has 0 spiro atoms. The number of aliphatic hydroxyl groups is 1. The first-order chi connectivity index (χ1) is 12.1. The van der Waals surface area contributed by atoms with Gasteiger partial charge in [0, 0.05) is 11.3 Å². The van der Waals surface area contributed by atoms with Crippen molar-refractivity contribution in [3.8, 4) is 17.1 Å². The zero-order valence-corrected chi connectivity index (χ0v) is 14.1. The van der Waals surface area contributed by atoms with Crippen molar-refractivity contribution < 1.29 is 19.1 Å². The maximum atomic E-state index is 12.4. The van der Waals surface area contributed by atoms with Gasteiger partial charge in [-0.25, -0.2) is 0 Å². The predicted octanol–water partition coefficient (Wildman–Crippen LogP) is 4.01. The molecule has 3 rings (SSSR count). The Morgan fingerprint density at radius 2 is 2.00 bits per heavy atom. The van der Waals surface area contributed by atoms with E-state index in [1.807, 2.05) is 25.1 Å². The number of aryl methyl sites for hydroxylation is 1. The Morgan fingerprint density at radius 1 is 1.16 bits per heavy atom. The molecule has 0 bridgehead atoms. The highest BCUT2D eigenvalue weighted by atomic mass is 16.5. The molecule has 2 aromatic carbocycles. The quantitative estimate of drug-likeness (QED) is 0.738. The average molecular weight is 337 g/mol. The first kappa shape index (κ1) is 16.8. The lowest BCUT2D eigenvalue weighted by molar-refractivity contribution is 0.102. The monoisotopic (exact) mass is 337 g/mol. The van der Waals surface area contributed by atoms with Crippen LogP contribution in [0.3, 0.4) is 0 Å². The van der Waals surface area contributed by atoms with Crippen molar-refractivity contribution in [3.05, 3.63) is 71.5 Å². The molecule has 0 radical (unpaired) electrons. The van der Waals surface area contributed by atoms with Gasteiger partial charge in [-0.15, -0.1) is 0 Å². The summed E-state index contributed by atoms with van der Waals surface area (Å²) >= 11 is 0. The van der Waals surface area contributed by atoms with Gasteiger partial charge in [-0.1, -0.05) is 17.7 Å². The van der Waals surface area contributed by atoms with Crippen molar-refractivity contribution in [1.29, 1.82) is 0 Å². The third kappa shape index (κ3) is 3.72. The molecule has 0 atom stereocenters. The van der Waals surface area contributed by atoms with Crippen LogP contribution in [0, 0.1) is 6.92 Å². The molecular formula is C20H19NO4. The van der Waals surface area contributed by atoms with E-state index in [9.17, 15) is 4.79 Å². The van der Waals surface area contributed by atoms with Crippen LogP contribution in [0.1, 0.15) is 21.7 Å². The summed E-state index contributed by atoms with van der Waals surface area (Å²) in [5, 5.41) is 12.0. The molecule has 25 heavy (non-hydrogen) atoms. The third-order valence-corrected chi connectivity index (χ3v) is 3.82. The summed E-state index contributed by atoms with van der Waals surface area (Å²) in [6.45, 7) is 1.77. The minimum absolute atomic E-state index is 0.175. The van der Waals surface area contributed by atoms with Crippen LogP contribution in [0.25, 0.3) is 11.3 Å². The lowest BCUT2D eigenvalue weighted by atomic mass is 10.1. The fourth-order valence-electron chi connectivity index (χ4n) is 2.58. The molecule has 0 fully saturated rings. The Morgan fingerprint density at radius 3 is 2.68 bits per heavy atom. The summed E-state index contributed by atoms with van der Waals surface area (Å²) in [5.41, 5.74) is 2.95. The molecule has 0 aliphatic carbocycles. The number of hydrogen-bond acceptors (Lipinski definition) is 4. The van der Waals surface area contributed by atoms with Crippen LogP contribution < -0.4 is 10.1 Å². The number of aliphatic hydroxyl groups excluding tert-OH is 1. The second-order valence-electron chi connectivity index (χ2n) is 5.66. The zero-order chi connectivity index (χ0) is 17.8. The Labute approximate surface area is 145 Å². The van der Waals surface area contributed by atoms with Crippen LogP contribution in [0.5, 0.6) is 5.75 Å². The number of carbonyl (C=O) groups excluding carboxylic acids is 1. The first-order valence-corrected chi connectivity index (χ1v) is 7.86. The second-order valence-corrected chi connectivity index (χ2v) is 5.66. The number of rotatable bonds is 5. The molecule has 3 aromatic rings. The molecule has 0 saturated heterocycles. The molecule has 0 unspecified atom stereocenters. The van der Waals surface area contributed by atoms with Crippen LogP contribution in [0.4, 0.5) is 5.69 Å². The fourth-order valence-corrected chi connectivity index (χ4v) is 2.58. The lowest BCUT2D eigenvalue weighted by Gasteiger charge is -2.11. The molecule has 1 amide bonds. The van der Waals surface area contributed by atoms with Crippen molar-refractivity contribution in [2.75, 3.05) is 12.4 Å². The molecule has 5 heteroatoms. The summed E-state index contributed by atoms with van der Waals surface area (Å²) in [5.74, 6) is 1.46. The lowest BCUT2D eigenvalue weighted by Crippen LogP contribution is -2.12. The van der Waals surface area contributed by atoms with E-state index in [4.69, 9.17) is 14.3 Å². The van der Waals surface area contributed by atoms with Crippen molar-refractivity contribution in [2.24, 2.45) is 0 Å². The standard InChI is InChI=1S/C20H19NO4/c1-13-4-3-5-14(10-13)20(23)21-15-6-8-18(24-2)17(11-15)19-9-7-16(12-22)25-19/h3-11,22H,12H2,1-2H3,(H,21,23). The van der Waals surface area contributed by atoms with Gasteiger partial charge in [0.05, 0.1) is 12.7 Å². The molecule has 0 aliphatic heterocycles. The van der Waals surface area contributed by atoms with Crippen molar-refractivity contribution in [2.45, 2.75) is 13.5 Å². The van der Waals surface area contributed by atoms with Gasteiger partial charge in [-0.05, 0) is 49.4 Å². The Balaban J connectivity index is 1.90. The van der Waals surface area contributed by atoms with Crippen molar-refractivity contribution in [1.82, 2.24) is 0 Å². The minimum Gasteiger partial charge on any atom is -0.496 e. The highest BCUT2D eigenvalue weighted by Gasteiger charge is 2.13. The smallest absolute Gasteiger partial charge is 0.255 e. The number of benzene rings is 2. The van der Waals surface area contributed by atoms with Crippen LogP contribution in [0.15, 0.2) is 59.0 Å². The van der Waals surface area contributed by atoms with Gasteiger partial charge in [0.15, 0.2) is 0 Å². The SMILES string of the molecule is COc1ccc(NC(=O)c2cccc(C)c2)cc1-c1ccc(CO)o1. The van der Waals surface area contributed by atoms with Gasteiger partial charge in [-0.2, -0.15) is 0 Å². The largest absolute Gasteiger partial charge is 0.496 e. The Bertz CT molecular complexity index is 898. The van der Waals surface area contributed by atoms with Crippen molar-refractivity contribution in [3.63, 3.8) is 0 Å². The summed E-state index contributed by atoms with van der Waals surface area (Å²) in [7, 11) is 1.57. The summed E-state index contributed by atoms with van der Waals surface area (Å²) in [6.07, 6.45) is 0. The maximum Gasteiger partial charge on any atom is 0.255 e. The van der Waals surface area contributed by atoms with Gasteiger partial charge in [0.25, 0.3) is 5.91 Å². The number of nitrogens with one attached hydrogen (secondary N) is 1.